The molecule has 1 amide bonds. The zero-order chi connectivity index (χ0) is 21.2. The second kappa shape index (κ2) is 8.74. The minimum absolute atomic E-state index is 0.321. The van der Waals surface area contributed by atoms with Gasteiger partial charge in [0.1, 0.15) is 0 Å². The molecule has 162 valence electrons. The summed E-state index contributed by atoms with van der Waals surface area (Å²) in [5, 5.41) is 6.97. The van der Waals surface area contributed by atoms with Crippen LogP contribution in [0.4, 0.5) is 5.69 Å². The van der Waals surface area contributed by atoms with Crippen molar-refractivity contribution in [2.24, 2.45) is 5.92 Å². The molecular weight excluding hydrogens is 384 g/mol. The number of hydrogen-bond donors (Lipinski definition) is 1. The monoisotopic (exact) mass is 416 g/mol. The predicted molar refractivity (Wildman–Crippen MR) is 125 cm³/mol. The van der Waals surface area contributed by atoms with Crippen LogP contribution in [0.5, 0.6) is 0 Å². The van der Waals surface area contributed by atoms with Gasteiger partial charge < -0.3 is 9.80 Å². The number of nitrogens with zero attached hydrogens (tertiary/aromatic N) is 3. The van der Waals surface area contributed by atoms with Gasteiger partial charge in [-0.15, -0.1) is 0 Å². The molecule has 2 unspecified atom stereocenters. The smallest absolute Gasteiger partial charge is 0.223 e. The third-order valence-corrected chi connectivity index (χ3v) is 7.06. The average molecular weight is 417 g/mol. The molecule has 31 heavy (non-hydrogen) atoms. The maximum Gasteiger partial charge on any atom is 0.223 e. The summed E-state index contributed by atoms with van der Waals surface area (Å²) >= 11 is 0. The second-order valence-electron chi connectivity index (χ2n) is 9.28. The van der Waals surface area contributed by atoms with E-state index in [1.54, 1.807) is 0 Å². The number of anilines is 1. The normalized spacial score (nSPS) is 22.7. The summed E-state index contributed by atoms with van der Waals surface area (Å²) < 4.78 is 0. The van der Waals surface area contributed by atoms with E-state index in [-0.39, 0.29) is 0 Å². The van der Waals surface area contributed by atoms with Crippen LogP contribution in [0.2, 0.25) is 0 Å². The molecule has 1 saturated heterocycles. The molecule has 5 nitrogen and oxygen atoms in total. The first-order valence-electron chi connectivity index (χ1n) is 11.7. The van der Waals surface area contributed by atoms with E-state index in [0.717, 1.165) is 57.3 Å². The van der Waals surface area contributed by atoms with Gasteiger partial charge in [-0.2, -0.15) is 5.10 Å². The van der Waals surface area contributed by atoms with Crippen LogP contribution in [-0.4, -0.2) is 46.7 Å². The lowest BCUT2D eigenvalue weighted by atomic mass is 10.0. The van der Waals surface area contributed by atoms with Crippen LogP contribution in [0.15, 0.2) is 54.4 Å². The molecule has 3 aliphatic rings. The second-order valence-corrected chi connectivity index (χ2v) is 9.28. The molecule has 2 aliphatic heterocycles. The van der Waals surface area contributed by atoms with E-state index < -0.39 is 0 Å². The molecule has 1 aliphatic carbocycles. The number of amides is 1. The third kappa shape index (κ3) is 4.32. The fourth-order valence-electron chi connectivity index (χ4n) is 5.43. The fraction of sp³-hybridized carbons (Fsp3) is 0.462. The fourth-order valence-corrected chi connectivity index (χ4v) is 5.43. The Morgan fingerprint density at radius 3 is 3.00 bits per heavy atom. The minimum Gasteiger partial charge on any atom is -0.371 e. The Balaban J connectivity index is 1.18. The lowest BCUT2D eigenvalue weighted by molar-refractivity contribution is -0.131. The number of nitrogens with one attached hydrogen (secondary N) is 1. The molecule has 1 fully saturated rings. The van der Waals surface area contributed by atoms with Crippen molar-refractivity contribution in [1.82, 2.24) is 15.1 Å². The number of carbonyl (C=O) groups excluding carboxylic acids is 1. The first-order chi connectivity index (χ1) is 15.2. The summed E-state index contributed by atoms with van der Waals surface area (Å²) in [6.07, 6.45) is 16.5. The number of benzene rings is 1. The van der Waals surface area contributed by atoms with Gasteiger partial charge in [0.25, 0.3) is 0 Å². The molecule has 1 N–H and O–H groups in total. The number of carbonyl (C=O) groups is 1. The Hall–Kier alpha value is -2.82. The van der Waals surface area contributed by atoms with Gasteiger partial charge in [0.15, 0.2) is 0 Å². The third-order valence-electron chi connectivity index (χ3n) is 7.06. The topological polar surface area (TPSA) is 52.2 Å². The van der Waals surface area contributed by atoms with Gasteiger partial charge >= 0.3 is 0 Å². The Bertz CT molecular complexity index is 991. The van der Waals surface area contributed by atoms with E-state index in [0.29, 0.717) is 24.3 Å². The summed E-state index contributed by atoms with van der Waals surface area (Å²) in [6.45, 7) is 5.23. The SMILES string of the molecule is CC1CC(CN2CCc3cc(-c4cn[nH]c4)ccc32)CN1C(=O)CCC1=CCCC=C1. The molecule has 0 bridgehead atoms. The number of fused-ring (bicyclic) bond motifs is 1. The Morgan fingerprint density at radius 1 is 1.26 bits per heavy atom. The molecule has 3 heterocycles. The van der Waals surface area contributed by atoms with E-state index in [1.165, 1.54) is 22.4 Å². The van der Waals surface area contributed by atoms with Crippen LogP contribution < -0.4 is 4.90 Å². The van der Waals surface area contributed by atoms with Crippen LogP contribution in [0.3, 0.4) is 0 Å². The first kappa shape index (κ1) is 20.1. The maximum atomic E-state index is 12.9. The van der Waals surface area contributed by atoms with Crippen LogP contribution in [0.1, 0.15) is 44.6 Å². The highest BCUT2D eigenvalue weighted by Gasteiger charge is 2.34. The molecule has 2 atom stereocenters. The summed E-state index contributed by atoms with van der Waals surface area (Å²) in [5.41, 5.74) is 6.47. The van der Waals surface area contributed by atoms with E-state index in [4.69, 9.17) is 0 Å². The lowest BCUT2D eigenvalue weighted by Gasteiger charge is -2.24. The Kier molecular flexibility index (Phi) is 5.66. The first-order valence-corrected chi connectivity index (χ1v) is 11.7. The van der Waals surface area contributed by atoms with E-state index in [1.807, 2.05) is 12.4 Å². The van der Waals surface area contributed by atoms with Crippen molar-refractivity contribution in [3.8, 4) is 11.1 Å². The van der Waals surface area contributed by atoms with Crippen molar-refractivity contribution < 1.29 is 4.79 Å². The van der Waals surface area contributed by atoms with Crippen LogP contribution in [0, 0.1) is 5.92 Å². The Morgan fingerprint density at radius 2 is 2.19 bits per heavy atom. The van der Waals surface area contributed by atoms with Crippen LogP contribution in [0.25, 0.3) is 11.1 Å². The highest BCUT2D eigenvalue weighted by molar-refractivity contribution is 5.77. The standard InChI is InChI=1S/C26H32N4O/c1-19-13-21(18-30(19)26(31)10-7-20-5-3-2-4-6-20)17-29-12-11-23-14-22(8-9-25(23)29)24-15-27-28-16-24/h3,5-6,8-9,14-16,19,21H,2,4,7,10-13,17-18H2,1H3,(H,27,28). The number of rotatable bonds is 6. The summed E-state index contributed by atoms with van der Waals surface area (Å²) in [4.78, 5) is 17.5. The van der Waals surface area contributed by atoms with Crippen LogP contribution >= 0.6 is 0 Å². The van der Waals surface area contributed by atoms with Gasteiger partial charge in [0, 0.05) is 49.5 Å². The number of hydrogen-bond acceptors (Lipinski definition) is 3. The predicted octanol–water partition coefficient (Wildman–Crippen LogP) is 4.73. The van der Waals surface area contributed by atoms with Crippen LogP contribution in [-0.2, 0) is 11.2 Å². The van der Waals surface area contributed by atoms with E-state index in [2.05, 4.69) is 63.3 Å². The van der Waals surface area contributed by atoms with E-state index >= 15 is 0 Å². The number of H-pyrrole nitrogens is 1. The van der Waals surface area contributed by atoms with Crippen molar-refractivity contribution >= 4 is 11.6 Å². The molecule has 1 aromatic heterocycles. The van der Waals surface area contributed by atoms with Gasteiger partial charge in [0.2, 0.25) is 5.91 Å². The Labute approximate surface area is 184 Å². The molecule has 5 heteroatoms. The van der Waals surface area contributed by atoms with E-state index in [9.17, 15) is 4.79 Å². The largest absolute Gasteiger partial charge is 0.371 e. The molecule has 5 rings (SSSR count). The molecule has 0 spiro atoms. The highest BCUT2D eigenvalue weighted by Crippen LogP contribution is 2.34. The molecule has 1 aromatic carbocycles. The number of aromatic nitrogens is 2. The highest BCUT2D eigenvalue weighted by atomic mass is 16.2. The van der Waals surface area contributed by atoms with Crippen molar-refractivity contribution in [1.29, 1.82) is 0 Å². The molecule has 0 saturated carbocycles. The number of aromatic amines is 1. The zero-order valence-corrected chi connectivity index (χ0v) is 18.4. The summed E-state index contributed by atoms with van der Waals surface area (Å²) in [6, 6.07) is 7.11. The van der Waals surface area contributed by atoms with Gasteiger partial charge in [-0.05, 0) is 68.2 Å². The molecule has 0 radical (unpaired) electrons. The number of allylic oxidation sites excluding steroid dienone is 4. The lowest BCUT2D eigenvalue weighted by Crippen LogP contribution is -2.35. The van der Waals surface area contributed by atoms with Gasteiger partial charge in [0.05, 0.1) is 6.20 Å². The quantitative estimate of drug-likeness (QED) is 0.740. The number of likely N-dealkylation sites (tertiary alicyclic amines) is 1. The van der Waals surface area contributed by atoms with Gasteiger partial charge in [-0.1, -0.05) is 29.9 Å². The van der Waals surface area contributed by atoms with Gasteiger partial charge in [-0.25, -0.2) is 0 Å². The average Bonchev–Trinajstić information content (AvgIpc) is 3.53. The van der Waals surface area contributed by atoms with Crippen molar-refractivity contribution in [2.45, 2.75) is 51.5 Å². The zero-order valence-electron chi connectivity index (χ0n) is 18.4. The summed E-state index contributed by atoms with van der Waals surface area (Å²) in [5.74, 6) is 0.869. The molecular formula is C26H32N4O. The van der Waals surface area contributed by atoms with Crippen molar-refractivity contribution in [3.63, 3.8) is 0 Å². The molecule has 2 aromatic rings. The van der Waals surface area contributed by atoms with Gasteiger partial charge in [-0.3, -0.25) is 9.89 Å². The maximum absolute atomic E-state index is 12.9. The van der Waals surface area contributed by atoms with Crippen molar-refractivity contribution in [3.05, 3.63) is 60.0 Å². The van der Waals surface area contributed by atoms with Crippen molar-refractivity contribution in [2.75, 3.05) is 24.5 Å². The summed E-state index contributed by atoms with van der Waals surface area (Å²) in [7, 11) is 0. The minimum atomic E-state index is 0.321.